The molecule has 1 aliphatic rings. The maximum atomic E-state index is 11.7. The Balaban J connectivity index is 1.58. The summed E-state index contributed by atoms with van der Waals surface area (Å²) in [7, 11) is 0. The predicted octanol–water partition coefficient (Wildman–Crippen LogP) is 0.889. The van der Waals surface area contributed by atoms with Gasteiger partial charge in [-0.3, -0.25) is 14.8 Å². The van der Waals surface area contributed by atoms with E-state index in [4.69, 9.17) is 5.21 Å². The normalized spacial score (nSPS) is 20.9. The van der Waals surface area contributed by atoms with Crippen LogP contribution in [0.4, 0.5) is 5.69 Å². The zero-order chi connectivity index (χ0) is 14.4. The van der Waals surface area contributed by atoms with E-state index in [2.05, 4.69) is 10.6 Å². The summed E-state index contributed by atoms with van der Waals surface area (Å²) >= 11 is 0. The molecule has 1 saturated carbocycles. The smallest absolute Gasteiger partial charge is 0.246 e. The van der Waals surface area contributed by atoms with Crippen LogP contribution in [0.25, 0.3) is 0 Å². The molecule has 0 heterocycles. The third-order valence-electron chi connectivity index (χ3n) is 3.46. The molecule has 1 fully saturated rings. The second-order valence-corrected chi connectivity index (χ2v) is 4.96. The van der Waals surface area contributed by atoms with Crippen molar-refractivity contribution in [1.29, 1.82) is 0 Å². The van der Waals surface area contributed by atoms with Crippen molar-refractivity contribution in [1.82, 2.24) is 10.8 Å². The number of para-hydroxylation sites is 1. The Bertz CT molecular complexity index is 458. The van der Waals surface area contributed by atoms with Crippen molar-refractivity contribution in [3.05, 3.63) is 30.3 Å². The highest BCUT2D eigenvalue weighted by molar-refractivity contribution is 5.90. The number of nitrogens with one attached hydrogen (secondary N) is 3. The lowest BCUT2D eigenvalue weighted by molar-refractivity contribution is -0.136. The lowest BCUT2D eigenvalue weighted by Gasteiger charge is -2.34. The number of carbonyl (C=O) groups is 2. The molecule has 108 valence electrons. The number of benzene rings is 1. The molecule has 20 heavy (non-hydrogen) atoms. The summed E-state index contributed by atoms with van der Waals surface area (Å²) in [4.78, 5) is 22.7. The van der Waals surface area contributed by atoms with E-state index in [1.54, 1.807) is 5.48 Å². The Morgan fingerprint density at radius 1 is 1.20 bits per heavy atom. The standard InChI is InChI=1S/C14H19N3O3/c18-13(16-11-4-2-1-3-5-11)6-7-15-12-8-10(9-12)14(19)17-20/h1-5,10,12,15,20H,6-9H2,(H,16,18)(H,17,19)/t10-,12-. The van der Waals surface area contributed by atoms with E-state index in [9.17, 15) is 9.59 Å². The second kappa shape index (κ2) is 7.02. The topological polar surface area (TPSA) is 90.5 Å². The Morgan fingerprint density at radius 3 is 2.55 bits per heavy atom. The summed E-state index contributed by atoms with van der Waals surface area (Å²) < 4.78 is 0. The Kier molecular flexibility index (Phi) is 5.09. The Morgan fingerprint density at radius 2 is 1.90 bits per heavy atom. The van der Waals surface area contributed by atoms with Gasteiger partial charge in [0.05, 0.1) is 0 Å². The fourth-order valence-electron chi connectivity index (χ4n) is 2.22. The number of hydrogen-bond donors (Lipinski definition) is 4. The molecule has 1 aliphatic carbocycles. The molecule has 2 rings (SSSR count). The van der Waals surface area contributed by atoms with Crippen molar-refractivity contribution < 1.29 is 14.8 Å². The van der Waals surface area contributed by atoms with Crippen molar-refractivity contribution in [3.8, 4) is 0 Å². The first kappa shape index (κ1) is 14.5. The van der Waals surface area contributed by atoms with Gasteiger partial charge in [0.25, 0.3) is 0 Å². The average Bonchev–Trinajstić information content (AvgIpc) is 2.41. The highest BCUT2D eigenvalue weighted by Crippen LogP contribution is 2.27. The molecule has 6 nitrogen and oxygen atoms in total. The van der Waals surface area contributed by atoms with Crippen LogP contribution >= 0.6 is 0 Å². The quantitative estimate of drug-likeness (QED) is 0.459. The molecule has 6 heteroatoms. The lowest BCUT2D eigenvalue weighted by atomic mass is 9.80. The molecule has 0 saturated heterocycles. The first-order valence-electron chi connectivity index (χ1n) is 6.71. The molecule has 0 aliphatic heterocycles. The molecular formula is C14H19N3O3. The number of amides is 2. The van der Waals surface area contributed by atoms with E-state index >= 15 is 0 Å². The zero-order valence-electron chi connectivity index (χ0n) is 11.1. The minimum absolute atomic E-state index is 0.0346. The van der Waals surface area contributed by atoms with Crippen LogP contribution in [0.15, 0.2) is 30.3 Å². The van der Waals surface area contributed by atoms with E-state index in [-0.39, 0.29) is 23.8 Å². The fraction of sp³-hybridized carbons (Fsp3) is 0.429. The van der Waals surface area contributed by atoms with Gasteiger partial charge < -0.3 is 10.6 Å². The van der Waals surface area contributed by atoms with E-state index in [0.717, 1.165) is 5.69 Å². The highest BCUT2D eigenvalue weighted by atomic mass is 16.5. The van der Waals surface area contributed by atoms with Crippen LogP contribution in [0, 0.1) is 5.92 Å². The number of carbonyl (C=O) groups excluding carboxylic acids is 2. The molecule has 0 unspecified atom stereocenters. The van der Waals surface area contributed by atoms with Gasteiger partial charge in [-0.1, -0.05) is 18.2 Å². The van der Waals surface area contributed by atoms with Crippen molar-refractivity contribution in [3.63, 3.8) is 0 Å². The molecule has 2 amide bonds. The number of hydrogen-bond acceptors (Lipinski definition) is 4. The van der Waals surface area contributed by atoms with Crippen LogP contribution in [-0.4, -0.2) is 29.6 Å². The van der Waals surface area contributed by atoms with Crippen LogP contribution in [0.2, 0.25) is 0 Å². The summed E-state index contributed by atoms with van der Waals surface area (Å²) in [5.41, 5.74) is 2.45. The molecule has 4 N–H and O–H groups in total. The van der Waals surface area contributed by atoms with E-state index in [1.807, 2.05) is 30.3 Å². The van der Waals surface area contributed by atoms with Crippen LogP contribution in [0.3, 0.4) is 0 Å². The van der Waals surface area contributed by atoms with Gasteiger partial charge in [0.2, 0.25) is 11.8 Å². The molecule has 0 bridgehead atoms. The van der Waals surface area contributed by atoms with Crippen molar-refractivity contribution in [2.45, 2.75) is 25.3 Å². The van der Waals surface area contributed by atoms with Crippen LogP contribution in [-0.2, 0) is 9.59 Å². The minimum Gasteiger partial charge on any atom is -0.326 e. The van der Waals surface area contributed by atoms with Gasteiger partial charge in [-0.25, -0.2) is 5.48 Å². The van der Waals surface area contributed by atoms with Gasteiger partial charge >= 0.3 is 0 Å². The maximum Gasteiger partial charge on any atom is 0.246 e. The van der Waals surface area contributed by atoms with Gasteiger partial charge in [-0.05, 0) is 25.0 Å². The average molecular weight is 277 g/mol. The first-order chi connectivity index (χ1) is 9.69. The predicted molar refractivity (Wildman–Crippen MR) is 74.1 cm³/mol. The van der Waals surface area contributed by atoms with Crippen molar-refractivity contribution >= 4 is 17.5 Å². The molecule has 0 spiro atoms. The molecule has 1 aromatic rings. The molecule has 0 radical (unpaired) electrons. The van der Waals surface area contributed by atoms with Crippen LogP contribution < -0.4 is 16.1 Å². The summed E-state index contributed by atoms with van der Waals surface area (Å²) in [6.45, 7) is 0.580. The minimum atomic E-state index is -0.329. The van der Waals surface area contributed by atoms with Crippen molar-refractivity contribution in [2.75, 3.05) is 11.9 Å². The number of anilines is 1. The van der Waals surface area contributed by atoms with Gasteiger partial charge in [-0.2, -0.15) is 0 Å². The monoisotopic (exact) mass is 277 g/mol. The van der Waals surface area contributed by atoms with Crippen LogP contribution in [0.1, 0.15) is 19.3 Å². The highest BCUT2D eigenvalue weighted by Gasteiger charge is 2.33. The third-order valence-corrected chi connectivity index (χ3v) is 3.46. The summed E-state index contributed by atoms with van der Waals surface area (Å²) in [6.07, 6.45) is 1.79. The van der Waals surface area contributed by atoms with Gasteiger partial charge in [-0.15, -0.1) is 0 Å². The lowest BCUT2D eigenvalue weighted by Crippen LogP contribution is -2.47. The number of hydroxylamine groups is 1. The van der Waals surface area contributed by atoms with Gasteiger partial charge in [0, 0.05) is 30.6 Å². The molecule has 0 aromatic heterocycles. The van der Waals surface area contributed by atoms with Crippen LogP contribution in [0.5, 0.6) is 0 Å². The van der Waals surface area contributed by atoms with Gasteiger partial charge in [0.15, 0.2) is 0 Å². The maximum absolute atomic E-state index is 11.7. The summed E-state index contributed by atoms with van der Waals surface area (Å²) in [6, 6.07) is 9.57. The molecule has 0 atom stereocenters. The first-order valence-corrected chi connectivity index (χ1v) is 6.71. The SMILES string of the molecule is O=C(CCN[C@H]1C[C@H](C(=O)NO)C1)Nc1ccccc1. The number of rotatable bonds is 6. The zero-order valence-corrected chi connectivity index (χ0v) is 11.1. The molecule has 1 aromatic carbocycles. The summed E-state index contributed by atoms with van der Waals surface area (Å²) in [5.74, 6) is -0.479. The second-order valence-electron chi connectivity index (χ2n) is 4.96. The van der Waals surface area contributed by atoms with E-state index in [0.29, 0.717) is 25.8 Å². The Labute approximate surface area is 117 Å². The largest absolute Gasteiger partial charge is 0.326 e. The Hall–Kier alpha value is -1.92. The third kappa shape index (κ3) is 4.04. The summed E-state index contributed by atoms with van der Waals surface area (Å²) in [5, 5.41) is 14.5. The van der Waals surface area contributed by atoms with Gasteiger partial charge in [0.1, 0.15) is 0 Å². The van der Waals surface area contributed by atoms with Crippen molar-refractivity contribution in [2.24, 2.45) is 5.92 Å². The fourth-order valence-corrected chi connectivity index (χ4v) is 2.22. The molecular weight excluding hydrogens is 258 g/mol. The van der Waals surface area contributed by atoms with E-state index in [1.165, 1.54) is 0 Å². The van der Waals surface area contributed by atoms with E-state index < -0.39 is 0 Å².